The molecule has 11 heavy (non-hydrogen) atoms. The Labute approximate surface area is 65.7 Å². The first-order valence-corrected chi connectivity index (χ1v) is 3.55. The highest BCUT2D eigenvalue weighted by Gasteiger charge is 2.16. The molecule has 0 radical (unpaired) electrons. The van der Waals surface area contributed by atoms with Gasteiger partial charge in [0.15, 0.2) is 5.78 Å². The molecule has 1 aliphatic heterocycles. The predicted octanol–water partition coefficient (Wildman–Crippen LogP) is 0.364. The number of likely N-dealkylation sites (N-methyl/N-ethyl adjacent to an activating group) is 1. The summed E-state index contributed by atoms with van der Waals surface area (Å²) in [6, 6.07) is 0. The van der Waals surface area contributed by atoms with Crippen LogP contribution in [0, 0.1) is 0 Å². The third kappa shape index (κ3) is 1.67. The molecule has 60 valence electrons. The third-order valence-corrected chi connectivity index (χ3v) is 1.83. The molecule has 1 heterocycles. The van der Waals surface area contributed by atoms with E-state index in [2.05, 4.69) is 0 Å². The normalized spacial score (nSPS) is 19.8. The molecule has 0 saturated heterocycles. The van der Waals surface area contributed by atoms with Crippen LogP contribution in [0.4, 0.5) is 0 Å². The van der Waals surface area contributed by atoms with E-state index >= 15 is 0 Å². The highest BCUT2D eigenvalue weighted by molar-refractivity contribution is 6.00. The first-order valence-electron chi connectivity index (χ1n) is 3.55. The van der Waals surface area contributed by atoms with Crippen molar-refractivity contribution in [2.24, 2.45) is 0 Å². The minimum absolute atomic E-state index is 0.00944. The monoisotopic (exact) mass is 153 g/mol. The maximum atomic E-state index is 11.1. The molecule has 0 unspecified atom stereocenters. The Morgan fingerprint density at radius 1 is 1.45 bits per heavy atom. The summed E-state index contributed by atoms with van der Waals surface area (Å²) < 4.78 is 0. The highest BCUT2D eigenvalue weighted by atomic mass is 16.2. The van der Waals surface area contributed by atoms with Crippen LogP contribution in [0.2, 0.25) is 0 Å². The molecule has 0 N–H and O–H groups in total. The van der Waals surface area contributed by atoms with E-state index in [1.54, 1.807) is 20.0 Å². The quantitative estimate of drug-likeness (QED) is 0.504. The summed E-state index contributed by atoms with van der Waals surface area (Å²) >= 11 is 0. The zero-order valence-corrected chi connectivity index (χ0v) is 6.76. The van der Waals surface area contributed by atoms with E-state index in [0.717, 1.165) is 0 Å². The van der Waals surface area contributed by atoms with Crippen LogP contribution in [-0.4, -0.2) is 30.2 Å². The van der Waals surface area contributed by atoms with E-state index in [4.69, 9.17) is 0 Å². The van der Waals surface area contributed by atoms with Gasteiger partial charge in [0, 0.05) is 13.5 Å². The van der Waals surface area contributed by atoms with Crippen molar-refractivity contribution in [1.82, 2.24) is 4.90 Å². The summed E-state index contributed by atoms with van der Waals surface area (Å²) in [4.78, 5) is 23.6. The van der Waals surface area contributed by atoms with E-state index in [9.17, 15) is 9.59 Å². The fraction of sp³-hybridized carbons (Fsp3) is 0.500. The SMILES string of the molecule is CC1=CCC(=O)N(C)CC1=O. The summed E-state index contributed by atoms with van der Waals surface area (Å²) in [5.74, 6) is 0.0496. The molecule has 0 spiro atoms. The van der Waals surface area contributed by atoms with Crippen molar-refractivity contribution in [3.05, 3.63) is 11.6 Å². The lowest BCUT2D eigenvalue weighted by Gasteiger charge is -2.11. The van der Waals surface area contributed by atoms with Crippen LogP contribution < -0.4 is 0 Å². The lowest BCUT2D eigenvalue weighted by atomic mass is 10.2. The van der Waals surface area contributed by atoms with Crippen molar-refractivity contribution in [2.45, 2.75) is 13.3 Å². The second-order valence-corrected chi connectivity index (χ2v) is 2.76. The molecule has 1 aliphatic rings. The summed E-state index contributed by atoms with van der Waals surface area (Å²) in [7, 11) is 1.65. The molecular formula is C8H11NO2. The average Bonchev–Trinajstić information content (AvgIpc) is 2.05. The molecule has 3 heteroatoms. The van der Waals surface area contributed by atoms with E-state index in [1.165, 1.54) is 4.90 Å². The Kier molecular flexibility index (Phi) is 2.08. The average molecular weight is 153 g/mol. The van der Waals surface area contributed by atoms with E-state index in [-0.39, 0.29) is 18.2 Å². The topological polar surface area (TPSA) is 37.4 Å². The molecule has 0 aromatic heterocycles. The number of carbonyl (C=O) groups is 2. The molecule has 0 aliphatic carbocycles. The second kappa shape index (κ2) is 2.86. The Bertz CT molecular complexity index is 230. The van der Waals surface area contributed by atoms with Crippen molar-refractivity contribution >= 4 is 11.7 Å². The number of Topliss-reactive ketones (excluding diaryl/α,β-unsaturated/α-hetero) is 1. The molecular weight excluding hydrogens is 142 g/mol. The number of amides is 1. The van der Waals surface area contributed by atoms with Gasteiger partial charge in [-0.2, -0.15) is 0 Å². The molecule has 0 bridgehead atoms. The minimum Gasteiger partial charge on any atom is -0.338 e. The summed E-state index contributed by atoms with van der Waals surface area (Å²) in [5, 5.41) is 0. The number of nitrogens with zero attached hydrogens (tertiary/aromatic N) is 1. The van der Waals surface area contributed by atoms with Gasteiger partial charge in [-0.15, -0.1) is 0 Å². The van der Waals surface area contributed by atoms with Gasteiger partial charge in [-0.1, -0.05) is 6.08 Å². The van der Waals surface area contributed by atoms with Crippen molar-refractivity contribution in [3.8, 4) is 0 Å². The van der Waals surface area contributed by atoms with Crippen molar-refractivity contribution in [2.75, 3.05) is 13.6 Å². The number of ketones is 1. The molecule has 0 fully saturated rings. The van der Waals surface area contributed by atoms with Crippen LogP contribution in [-0.2, 0) is 9.59 Å². The zero-order chi connectivity index (χ0) is 8.43. The molecule has 1 amide bonds. The summed E-state index contributed by atoms with van der Waals surface area (Å²) in [6.45, 7) is 1.97. The van der Waals surface area contributed by atoms with Crippen molar-refractivity contribution < 1.29 is 9.59 Å². The van der Waals surface area contributed by atoms with Crippen LogP contribution in [0.1, 0.15) is 13.3 Å². The first kappa shape index (κ1) is 7.98. The van der Waals surface area contributed by atoms with E-state index in [1.807, 2.05) is 0 Å². The highest BCUT2D eigenvalue weighted by Crippen LogP contribution is 2.05. The predicted molar refractivity (Wildman–Crippen MR) is 41.0 cm³/mol. The number of hydrogen-bond donors (Lipinski definition) is 0. The Morgan fingerprint density at radius 2 is 2.09 bits per heavy atom. The molecule has 0 aromatic rings. The van der Waals surface area contributed by atoms with Crippen LogP contribution in [0.25, 0.3) is 0 Å². The van der Waals surface area contributed by atoms with Gasteiger partial charge >= 0.3 is 0 Å². The van der Waals surface area contributed by atoms with Gasteiger partial charge in [0.25, 0.3) is 0 Å². The van der Waals surface area contributed by atoms with E-state index < -0.39 is 0 Å². The molecule has 0 aromatic carbocycles. The second-order valence-electron chi connectivity index (χ2n) is 2.76. The van der Waals surface area contributed by atoms with Crippen molar-refractivity contribution in [1.29, 1.82) is 0 Å². The number of carbonyl (C=O) groups excluding carboxylic acids is 2. The van der Waals surface area contributed by atoms with Gasteiger partial charge in [-0.05, 0) is 12.5 Å². The van der Waals surface area contributed by atoms with E-state index in [0.29, 0.717) is 12.0 Å². The Hall–Kier alpha value is -1.12. The fourth-order valence-corrected chi connectivity index (χ4v) is 0.938. The van der Waals surface area contributed by atoms with Gasteiger partial charge in [-0.3, -0.25) is 9.59 Å². The molecule has 1 rings (SSSR count). The number of hydrogen-bond acceptors (Lipinski definition) is 2. The third-order valence-electron chi connectivity index (χ3n) is 1.83. The summed E-state index contributed by atoms with van der Waals surface area (Å²) in [5.41, 5.74) is 0.697. The van der Waals surface area contributed by atoms with Crippen LogP contribution >= 0.6 is 0 Å². The Balaban J connectivity index is 2.81. The van der Waals surface area contributed by atoms with Gasteiger partial charge < -0.3 is 4.90 Å². The molecule has 0 atom stereocenters. The maximum absolute atomic E-state index is 11.1. The maximum Gasteiger partial charge on any atom is 0.226 e. The summed E-state index contributed by atoms with van der Waals surface area (Å²) in [6.07, 6.45) is 2.04. The van der Waals surface area contributed by atoms with Crippen LogP contribution in [0.15, 0.2) is 11.6 Å². The number of rotatable bonds is 0. The lowest BCUT2D eigenvalue weighted by molar-refractivity contribution is -0.131. The van der Waals surface area contributed by atoms with Crippen LogP contribution in [0.3, 0.4) is 0 Å². The lowest BCUT2D eigenvalue weighted by Crippen LogP contribution is -2.29. The standard InChI is InChI=1S/C8H11NO2/c1-6-3-4-8(11)9(2)5-7(6)10/h3H,4-5H2,1-2H3. The minimum atomic E-state index is 0.00944. The fourth-order valence-electron chi connectivity index (χ4n) is 0.938. The van der Waals surface area contributed by atoms with Gasteiger partial charge in [0.1, 0.15) is 0 Å². The molecule has 0 saturated carbocycles. The Morgan fingerprint density at radius 3 is 2.73 bits per heavy atom. The van der Waals surface area contributed by atoms with Gasteiger partial charge in [0.05, 0.1) is 6.54 Å². The molecule has 3 nitrogen and oxygen atoms in total. The van der Waals surface area contributed by atoms with Crippen molar-refractivity contribution in [3.63, 3.8) is 0 Å². The first-order chi connectivity index (χ1) is 5.11. The largest absolute Gasteiger partial charge is 0.338 e. The van der Waals surface area contributed by atoms with Gasteiger partial charge in [-0.25, -0.2) is 0 Å². The van der Waals surface area contributed by atoms with Crippen LogP contribution in [0.5, 0.6) is 0 Å². The smallest absolute Gasteiger partial charge is 0.226 e. The van der Waals surface area contributed by atoms with Gasteiger partial charge in [0.2, 0.25) is 5.91 Å². The zero-order valence-electron chi connectivity index (χ0n) is 6.76.